The van der Waals surface area contributed by atoms with E-state index in [0.29, 0.717) is 30.2 Å². The van der Waals surface area contributed by atoms with Crippen LogP contribution in [0, 0.1) is 0 Å². The number of hydrogen-bond donors (Lipinski definition) is 5. The molecule has 2 atom stereocenters. The molecule has 206 valence electrons. The number of rotatable bonds is 13. The third kappa shape index (κ3) is 6.84. The highest BCUT2D eigenvalue weighted by molar-refractivity contribution is 9.10. The number of aliphatic hydroxyl groups is 3. The molecule has 0 aromatic heterocycles. The maximum absolute atomic E-state index is 14.0. The largest absolute Gasteiger partial charge is 0.494 e. The van der Waals surface area contributed by atoms with Gasteiger partial charge in [-0.15, -0.1) is 0 Å². The summed E-state index contributed by atoms with van der Waals surface area (Å²) in [5, 5.41) is 28.0. The number of nitrogens with one attached hydrogen (secondary N) is 2. The van der Waals surface area contributed by atoms with Crippen LogP contribution in [0.3, 0.4) is 0 Å². The number of ether oxygens (including phenoxy) is 2. The number of aliphatic hydroxyl groups excluding tert-OH is 3. The Hall–Kier alpha value is -3.28. The lowest BCUT2D eigenvalue weighted by Crippen LogP contribution is -2.57. The average Bonchev–Trinajstić information content (AvgIpc) is 3.36. The zero-order valence-electron chi connectivity index (χ0n) is 21.3. The van der Waals surface area contributed by atoms with Gasteiger partial charge >= 0.3 is 0 Å². The average molecular weight is 598 g/mol. The fraction of sp³-hybridized carbons (Fsp3) is 0.310. The van der Waals surface area contributed by atoms with Crippen molar-refractivity contribution in [2.45, 2.75) is 30.5 Å². The summed E-state index contributed by atoms with van der Waals surface area (Å²) in [6.45, 7) is -0.284. The Morgan fingerprint density at radius 3 is 2.36 bits per heavy atom. The highest BCUT2D eigenvalue weighted by Crippen LogP contribution is 2.43. The van der Waals surface area contributed by atoms with E-state index in [9.17, 15) is 15.0 Å². The van der Waals surface area contributed by atoms with Gasteiger partial charge in [-0.25, -0.2) is 10.4 Å². The maximum atomic E-state index is 14.0. The standard InChI is InChI=1S/C29H32BrN3O6/c30-25-10-5-4-9-22(25)17-29(28(37)33-32-23(18-35)19-36)26(20-7-2-1-3-8-20)39-27(31-29)21-11-13-24(14-12-21)38-16-6-15-34/h1-5,7-14,23,26,32,34-36H,6,15-19H2,(H,33,37)/t26-,29-/m0/s1. The molecule has 0 aliphatic carbocycles. The lowest BCUT2D eigenvalue weighted by Gasteiger charge is -2.31. The number of aliphatic imine (C=N–C) groups is 1. The highest BCUT2D eigenvalue weighted by atomic mass is 79.9. The predicted molar refractivity (Wildman–Crippen MR) is 150 cm³/mol. The van der Waals surface area contributed by atoms with Crippen molar-refractivity contribution in [3.63, 3.8) is 0 Å². The molecule has 3 aromatic rings. The summed E-state index contributed by atoms with van der Waals surface area (Å²) in [4.78, 5) is 18.9. The van der Waals surface area contributed by atoms with E-state index in [4.69, 9.17) is 19.6 Å². The van der Waals surface area contributed by atoms with Gasteiger partial charge in [-0.3, -0.25) is 10.2 Å². The fourth-order valence-corrected chi connectivity index (χ4v) is 4.69. The topological polar surface area (TPSA) is 133 Å². The Bertz CT molecular complexity index is 1250. The molecule has 0 saturated carbocycles. The Morgan fingerprint density at radius 2 is 1.69 bits per heavy atom. The van der Waals surface area contributed by atoms with Gasteiger partial charge in [0.25, 0.3) is 5.91 Å². The van der Waals surface area contributed by atoms with Gasteiger partial charge in [-0.1, -0.05) is 64.5 Å². The fourth-order valence-electron chi connectivity index (χ4n) is 4.27. The number of amides is 1. The van der Waals surface area contributed by atoms with Crippen LogP contribution in [0.1, 0.15) is 29.2 Å². The van der Waals surface area contributed by atoms with Crippen LogP contribution in [-0.2, 0) is 16.0 Å². The lowest BCUT2D eigenvalue weighted by molar-refractivity contribution is -0.130. The number of benzene rings is 3. The molecule has 0 radical (unpaired) electrons. The molecular formula is C29H32BrN3O6. The van der Waals surface area contributed by atoms with Crippen molar-refractivity contribution in [2.75, 3.05) is 26.4 Å². The van der Waals surface area contributed by atoms with Gasteiger partial charge in [-0.2, -0.15) is 0 Å². The molecule has 5 N–H and O–H groups in total. The van der Waals surface area contributed by atoms with Crippen LogP contribution in [-0.4, -0.2) is 65.1 Å². The van der Waals surface area contributed by atoms with E-state index in [-0.39, 0.29) is 26.2 Å². The Balaban J connectivity index is 1.76. The molecule has 0 spiro atoms. The normalized spacial score (nSPS) is 18.5. The summed E-state index contributed by atoms with van der Waals surface area (Å²) in [6, 6.07) is 23.5. The second-order valence-corrected chi connectivity index (χ2v) is 9.98. The SMILES string of the molecule is O=C(NNC(CO)CO)[C@@]1(Cc2ccccc2Br)N=C(c2ccc(OCCCO)cc2)O[C@H]1c1ccccc1. The molecule has 4 rings (SSSR count). The van der Waals surface area contributed by atoms with Crippen molar-refractivity contribution >= 4 is 27.7 Å². The number of hydrogen-bond acceptors (Lipinski definition) is 8. The van der Waals surface area contributed by atoms with Crippen LogP contribution in [0.15, 0.2) is 88.3 Å². The molecule has 9 nitrogen and oxygen atoms in total. The first-order chi connectivity index (χ1) is 19.0. The molecule has 3 aromatic carbocycles. The summed E-state index contributed by atoms with van der Waals surface area (Å²) >= 11 is 3.60. The maximum Gasteiger partial charge on any atom is 0.266 e. The molecule has 0 saturated heterocycles. The molecule has 10 heteroatoms. The second-order valence-electron chi connectivity index (χ2n) is 9.13. The first-order valence-electron chi connectivity index (χ1n) is 12.7. The van der Waals surface area contributed by atoms with Gasteiger partial charge in [0.1, 0.15) is 5.75 Å². The highest BCUT2D eigenvalue weighted by Gasteiger charge is 2.53. The van der Waals surface area contributed by atoms with Gasteiger partial charge in [0.2, 0.25) is 5.90 Å². The van der Waals surface area contributed by atoms with Crippen molar-refractivity contribution in [1.29, 1.82) is 0 Å². The molecule has 39 heavy (non-hydrogen) atoms. The van der Waals surface area contributed by atoms with E-state index >= 15 is 0 Å². The summed E-state index contributed by atoms with van der Waals surface area (Å²) in [7, 11) is 0. The zero-order valence-corrected chi connectivity index (χ0v) is 22.9. The van der Waals surface area contributed by atoms with Crippen molar-refractivity contribution in [2.24, 2.45) is 4.99 Å². The number of carbonyl (C=O) groups excluding carboxylic acids is 1. The van der Waals surface area contributed by atoms with Crippen LogP contribution in [0.5, 0.6) is 5.75 Å². The molecule has 0 bridgehead atoms. The molecular weight excluding hydrogens is 566 g/mol. The molecule has 0 unspecified atom stereocenters. The number of nitrogens with zero attached hydrogens (tertiary/aromatic N) is 1. The molecule has 0 fully saturated rings. The van der Waals surface area contributed by atoms with E-state index in [1.165, 1.54) is 0 Å². The van der Waals surface area contributed by atoms with Crippen molar-refractivity contribution in [3.05, 3.63) is 100 Å². The van der Waals surface area contributed by atoms with Gasteiger partial charge in [0.05, 0.1) is 25.9 Å². The molecule has 1 heterocycles. The monoisotopic (exact) mass is 597 g/mol. The van der Waals surface area contributed by atoms with Crippen molar-refractivity contribution in [1.82, 2.24) is 10.9 Å². The predicted octanol–water partition coefficient (Wildman–Crippen LogP) is 2.68. The smallest absolute Gasteiger partial charge is 0.266 e. The zero-order chi connectivity index (χ0) is 27.7. The van der Waals surface area contributed by atoms with E-state index in [0.717, 1.165) is 15.6 Å². The summed E-state index contributed by atoms with van der Waals surface area (Å²) in [5.74, 6) is 0.470. The molecule has 1 aliphatic heterocycles. The Kier molecular flexibility index (Phi) is 10.1. The van der Waals surface area contributed by atoms with Gasteiger partial charge in [0.15, 0.2) is 11.6 Å². The minimum atomic E-state index is -1.43. The molecule has 1 amide bonds. The van der Waals surface area contributed by atoms with Crippen LogP contribution in [0.4, 0.5) is 0 Å². The summed E-state index contributed by atoms with van der Waals surface area (Å²) in [6.07, 6.45) is -0.0365. The van der Waals surface area contributed by atoms with Crippen LogP contribution in [0.25, 0.3) is 0 Å². The Labute approximate surface area is 235 Å². The van der Waals surface area contributed by atoms with E-state index in [2.05, 4.69) is 26.8 Å². The van der Waals surface area contributed by atoms with Crippen LogP contribution in [0.2, 0.25) is 0 Å². The summed E-state index contributed by atoms with van der Waals surface area (Å²) in [5.41, 5.74) is 6.24. The number of carbonyl (C=O) groups is 1. The number of halogens is 1. The van der Waals surface area contributed by atoms with Crippen molar-refractivity contribution in [3.8, 4) is 5.75 Å². The Morgan fingerprint density at radius 1 is 1.00 bits per heavy atom. The third-order valence-corrected chi connectivity index (χ3v) is 7.15. The van der Waals surface area contributed by atoms with Crippen LogP contribution >= 0.6 is 15.9 Å². The van der Waals surface area contributed by atoms with Gasteiger partial charge in [0, 0.05) is 29.5 Å². The minimum absolute atomic E-state index is 0.0531. The van der Waals surface area contributed by atoms with E-state index in [1.54, 1.807) is 12.1 Å². The summed E-state index contributed by atoms with van der Waals surface area (Å²) < 4.78 is 12.9. The quantitative estimate of drug-likeness (QED) is 0.151. The van der Waals surface area contributed by atoms with E-state index < -0.39 is 23.6 Å². The molecule has 1 aliphatic rings. The third-order valence-electron chi connectivity index (χ3n) is 6.38. The first kappa shape index (κ1) is 28.7. The van der Waals surface area contributed by atoms with Crippen molar-refractivity contribution < 1.29 is 29.6 Å². The van der Waals surface area contributed by atoms with E-state index in [1.807, 2.05) is 66.7 Å². The minimum Gasteiger partial charge on any atom is -0.494 e. The van der Waals surface area contributed by atoms with Crippen LogP contribution < -0.4 is 15.6 Å². The second kappa shape index (κ2) is 13.7. The van der Waals surface area contributed by atoms with Gasteiger partial charge in [-0.05, 0) is 41.5 Å². The lowest BCUT2D eigenvalue weighted by atomic mass is 9.82. The first-order valence-corrected chi connectivity index (χ1v) is 13.5. The van der Waals surface area contributed by atoms with Gasteiger partial charge < -0.3 is 24.8 Å². The number of hydrazine groups is 1.